The predicted octanol–water partition coefficient (Wildman–Crippen LogP) is 2.64. The van der Waals surface area contributed by atoms with Gasteiger partial charge in [0.25, 0.3) is 0 Å². The van der Waals surface area contributed by atoms with Gasteiger partial charge in [0.2, 0.25) is 0 Å². The van der Waals surface area contributed by atoms with Gasteiger partial charge in [0.15, 0.2) is 0 Å². The average molecular weight is 292 g/mol. The van der Waals surface area contributed by atoms with Crippen molar-refractivity contribution in [3.63, 3.8) is 0 Å². The lowest BCUT2D eigenvalue weighted by molar-refractivity contribution is 0.208. The second-order valence-corrected chi connectivity index (χ2v) is 4.99. The van der Waals surface area contributed by atoms with Crippen LogP contribution in [0.25, 0.3) is 0 Å². The largest absolute Gasteiger partial charge is 0.382 e. The highest BCUT2D eigenvalue weighted by Gasteiger charge is 2.15. The van der Waals surface area contributed by atoms with E-state index in [1.807, 2.05) is 60.7 Å². The summed E-state index contributed by atoms with van der Waals surface area (Å²) in [5, 5.41) is 20.5. The fourth-order valence-corrected chi connectivity index (χ4v) is 2.24. The Kier molecular flexibility index (Phi) is 4.23. The summed E-state index contributed by atoms with van der Waals surface area (Å²) in [6.45, 7) is 0. The summed E-state index contributed by atoms with van der Waals surface area (Å²) in [5.74, 6) is 0. The maximum absolute atomic E-state index is 10.3. The Morgan fingerprint density at radius 1 is 0.591 bits per heavy atom. The van der Waals surface area contributed by atoms with E-state index >= 15 is 0 Å². The third-order valence-electron chi connectivity index (χ3n) is 3.48. The fourth-order valence-electron chi connectivity index (χ4n) is 2.24. The molecule has 3 rings (SSSR count). The minimum absolute atomic E-state index is 0.454. The first-order valence-electron chi connectivity index (χ1n) is 7.03. The molecule has 0 aliphatic heterocycles. The van der Waals surface area contributed by atoms with Crippen LogP contribution < -0.4 is 0 Å². The molecule has 1 heterocycles. The van der Waals surface area contributed by atoms with E-state index in [-0.39, 0.29) is 0 Å². The molecule has 0 saturated heterocycles. The highest BCUT2D eigenvalue weighted by molar-refractivity contribution is 5.27. The lowest BCUT2D eigenvalue weighted by Crippen LogP contribution is -2.07. The van der Waals surface area contributed by atoms with E-state index in [9.17, 15) is 10.2 Å². The van der Waals surface area contributed by atoms with Gasteiger partial charge < -0.3 is 10.2 Å². The number of aromatic nitrogens is 2. The van der Waals surface area contributed by atoms with Crippen LogP contribution in [0.1, 0.15) is 34.7 Å². The lowest BCUT2D eigenvalue weighted by Gasteiger charge is -2.13. The summed E-state index contributed by atoms with van der Waals surface area (Å²) in [7, 11) is 0. The summed E-state index contributed by atoms with van der Waals surface area (Å²) < 4.78 is 0. The quantitative estimate of drug-likeness (QED) is 0.776. The number of hydrogen-bond acceptors (Lipinski definition) is 4. The van der Waals surface area contributed by atoms with Gasteiger partial charge in [-0.05, 0) is 11.1 Å². The molecule has 2 atom stereocenters. The molecule has 0 saturated carbocycles. The minimum atomic E-state index is -0.823. The Bertz CT molecular complexity index is 651. The van der Waals surface area contributed by atoms with Crippen LogP contribution in [0, 0.1) is 0 Å². The lowest BCUT2D eigenvalue weighted by atomic mass is 10.1. The maximum atomic E-state index is 10.3. The van der Waals surface area contributed by atoms with Gasteiger partial charge in [0, 0.05) is 0 Å². The van der Waals surface area contributed by atoms with Gasteiger partial charge in [-0.3, -0.25) is 9.97 Å². The molecule has 4 nitrogen and oxygen atoms in total. The van der Waals surface area contributed by atoms with Gasteiger partial charge in [-0.2, -0.15) is 0 Å². The van der Waals surface area contributed by atoms with Crippen molar-refractivity contribution < 1.29 is 10.2 Å². The van der Waals surface area contributed by atoms with Gasteiger partial charge in [0.05, 0.1) is 23.8 Å². The first-order valence-corrected chi connectivity index (χ1v) is 7.03. The summed E-state index contributed by atoms with van der Waals surface area (Å²) in [6, 6.07) is 18.6. The van der Waals surface area contributed by atoms with Crippen molar-refractivity contribution in [2.75, 3.05) is 0 Å². The van der Waals surface area contributed by atoms with E-state index < -0.39 is 12.2 Å². The van der Waals surface area contributed by atoms with Crippen LogP contribution in [0.2, 0.25) is 0 Å². The molecule has 2 N–H and O–H groups in total. The van der Waals surface area contributed by atoms with Gasteiger partial charge in [-0.25, -0.2) is 0 Å². The molecule has 4 heteroatoms. The normalized spacial score (nSPS) is 13.5. The molecule has 0 amide bonds. The van der Waals surface area contributed by atoms with Crippen molar-refractivity contribution in [3.05, 3.63) is 95.6 Å². The van der Waals surface area contributed by atoms with E-state index in [1.54, 1.807) is 0 Å². The Morgan fingerprint density at radius 3 is 1.27 bits per heavy atom. The standard InChI is InChI=1S/C18H16N2O2/c21-17(13-7-3-1-4-8-13)15-11-20-16(12-19-15)18(22)14-9-5-2-6-10-14/h1-12,17-18,21-22H. The SMILES string of the molecule is OC(c1ccccc1)c1cnc(C(O)c2ccccc2)cn1. The van der Waals surface area contributed by atoms with E-state index in [0.717, 1.165) is 11.1 Å². The maximum Gasteiger partial charge on any atom is 0.123 e. The fraction of sp³-hybridized carbons (Fsp3) is 0.111. The van der Waals surface area contributed by atoms with Gasteiger partial charge in [-0.15, -0.1) is 0 Å². The molecule has 0 spiro atoms. The summed E-state index contributed by atoms with van der Waals surface area (Å²) in [6.07, 6.45) is 1.35. The molecule has 0 bridgehead atoms. The van der Waals surface area contributed by atoms with Crippen molar-refractivity contribution in [1.29, 1.82) is 0 Å². The van der Waals surface area contributed by atoms with E-state index in [1.165, 1.54) is 12.4 Å². The molecule has 0 radical (unpaired) electrons. The van der Waals surface area contributed by atoms with Crippen LogP contribution in [0.3, 0.4) is 0 Å². The molecule has 1 aromatic heterocycles. The first kappa shape index (κ1) is 14.4. The Labute approximate surface area is 128 Å². The third kappa shape index (κ3) is 3.03. The van der Waals surface area contributed by atoms with Crippen molar-refractivity contribution in [2.24, 2.45) is 0 Å². The summed E-state index contributed by atoms with van der Waals surface area (Å²) in [5.41, 5.74) is 2.42. The van der Waals surface area contributed by atoms with Gasteiger partial charge in [0.1, 0.15) is 12.2 Å². The van der Waals surface area contributed by atoms with E-state index in [0.29, 0.717) is 11.4 Å². The molecular formula is C18H16N2O2. The van der Waals surface area contributed by atoms with Gasteiger partial charge >= 0.3 is 0 Å². The Morgan fingerprint density at radius 2 is 0.955 bits per heavy atom. The van der Waals surface area contributed by atoms with Crippen molar-refractivity contribution in [3.8, 4) is 0 Å². The molecule has 2 aromatic carbocycles. The molecule has 3 aromatic rings. The smallest absolute Gasteiger partial charge is 0.123 e. The zero-order valence-corrected chi connectivity index (χ0v) is 11.9. The number of nitrogens with zero attached hydrogens (tertiary/aromatic N) is 2. The van der Waals surface area contributed by atoms with Crippen molar-refractivity contribution in [1.82, 2.24) is 9.97 Å². The third-order valence-corrected chi connectivity index (χ3v) is 3.48. The molecular weight excluding hydrogens is 276 g/mol. The van der Waals surface area contributed by atoms with Crippen LogP contribution >= 0.6 is 0 Å². The number of benzene rings is 2. The monoisotopic (exact) mass is 292 g/mol. The number of hydrogen-bond donors (Lipinski definition) is 2. The molecule has 110 valence electrons. The molecule has 0 aliphatic carbocycles. The van der Waals surface area contributed by atoms with Crippen LogP contribution in [-0.2, 0) is 0 Å². The highest BCUT2D eigenvalue weighted by Crippen LogP contribution is 2.22. The summed E-state index contributed by atoms with van der Waals surface area (Å²) in [4.78, 5) is 8.46. The second kappa shape index (κ2) is 6.47. The average Bonchev–Trinajstić information content (AvgIpc) is 2.62. The first-order chi connectivity index (χ1) is 10.8. The predicted molar refractivity (Wildman–Crippen MR) is 83.0 cm³/mol. The minimum Gasteiger partial charge on any atom is -0.382 e. The van der Waals surface area contributed by atoms with Gasteiger partial charge in [-0.1, -0.05) is 60.7 Å². The van der Waals surface area contributed by atoms with E-state index in [2.05, 4.69) is 9.97 Å². The highest BCUT2D eigenvalue weighted by atomic mass is 16.3. The molecule has 0 fully saturated rings. The Balaban J connectivity index is 1.81. The van der Waals surface area contributed by atoms with Crippen LogP contribution in [0.5, 0.6) is 0 Å². The zero-order chi connectivity index (χ0) is 15.4. The van der Waals surface area contributed by atoms with Crippen molar-refractivity contribution >= 4 is 0 Å². The topological polar surface area (TPSA) is 66.2 Å². The number of rotatable bonds is 4. The molecule has 22 heavy (non-hydrogen) atoms. The zero-order valence-electron chi connectivity index (χ0n) is 11.9. The summed E-state index contributed by atoms with van der Waals surface area (Å²) >= 11 is 0. The molecule has 0 aliphatic rings. The van der Waals surface area contributed by atoms with Crippen LogP contribution in [-0.4, -0.2) is 20.2 Å². The van der Waals surface area contributed by atoms with Crippen LogP contribution in [0.4, 0.5) is 0 Å². The number of aliphatic hydroxyl groups is 2. The molecule has 2 unspecified atom stereocenters. The van der Waals surface area contributed by atoms with E-state index in [4.69, 9.17) is 0 Å². The van der Waals surface area contributed by atoms with Crippen molar-refractivity contribution in [2.45, 2.75) is 12.2 Å². The Hall–Kier alpha value is -2.56. The number of aliphatic hydroxyl groups excluding tert-OH is 2. The van der Waals surface area contributed by atoms with Crippen LogP contribution in [0.15, 0.2) is 73.1 Å². The second-order valence-electron chi connectivity index (χ2n) is 4.99.